The van der Waals surface area contributed by atoms with Gasteiger partial charge in [-0.05, 0) is 31.1 Å². The monoisotopic (exact) mass is 245 g/mol. The van der Waals surface area contributed by atoms with E-state index in [0.29, 0.717) is 0 Å². The summed E-state index contributed by atoms with van der Waals surface area (Å²) in [6.07, 6.45) is 4.91. The third-order valence-electron chi connectivity index (χ3n) is 4.22. The third-order valence-corrected chi connectivity index (χ3v) is 7.27. The zero-order chi connectivity index (χ0) is 12.0. The Balaban J connectivity index is 2.25. The normalized spacial score (nSPS) is 26.7. The van der Waals surface area contributed by atoms with Gasteiger partial charge >= 0.3 is 0 Å². The minimum atomic E-state index is -3.07. The highest BCUT2D eigenvalue weighted by atomic mass is 32.2. The minimum Gasteiger partial charge on any atom is -0.212 e. The van der Waals surface area contributed by atoms with Crippen molar-refractivity contribution >= 4 is 10.0 Å². The van der Waals surface area contributed by atoms with Crippen molar-refractivity contribution in [3.8, 4) is 0 Å². The maximum atomic E-state index is 12.6. The van der Waals surface area contributed by atoms with E-state index in [-0.39, 0.29) is 5.41 Å². The fourth-order valence-electron chi connectivity index (χ4n) is 2.86. The molecule has 2 fully saturated rings. The molecule has 0 aromatic carbocycles. The van der Waals surface area contributed by atoms with Crippen molar-refractivity contribution in [1.82, 2.24) is 4.31 Å². The Labute approximate surface area is 99.3 Å². The van der Waals surface area contributed by atoms with Gasteiger partial charge < -0.3 is 0 Å². The van der Waals surface area contributed by atoms with E-state index < -0.39 is 14.8 Å². The van der Waals surface area contributed by atoms with Crippen molar-refractivity contribution in [2.75, 3.05) is 13.1 Å². The van der Waals surface area contributed by atoms with E-state index in [1.807, 2.05) is 0 Å². The highest BCUT2D eigenvalue weighted by Crippen LogP contribution is 2.56. The van der Waals surface area contributed by atoms with Crippen LogP contribution in [0.25, 0.3) is 0 Å². The first kappa shape index (κ1) is 12.4. The molecule has 0 radical (unpaired) electrons. The molecule has 1 heterocycles. The maximum absolute atomic E-state index is 12.6. The molecular formula is C12H23NO2S. The first-order chi connectivity index (χ1) is 7.31. The summed E-state index contributed by atoms with van der Waals surface area (Å²) < 4.78 is 26.6. The van der Waals surface area contributed by atoms with Gasteiger partial charge in [0.25, 0.3) is 0 Å². The van der Waals surface area contributed by atoms with Crippen LogP contribution < -0.4 is 0 Å². The van der Waals surface area contributed by atoms with Crippen LogP contribution in [-0.2, 0) is 10.0 Å². The largest absolute Gasteiger partial charge is 0.220 e. The highest BCUT2D eigenvalue weighted by molar-refractivity contribution is 7.90. The molecule has 0 bridgehead atoms. The summed E-state index contributed by atoms with van der Waals surface area (Å²) in [6.45, 7) is 7.64. The molecule has 1 saturated heterocycles. The van der Waals surface area contributed by atoms with Crippen LogP contribution in [0.5, 0.6) is 0 Å². The van der Waals surface area contributed by atoms with Crippen LogP contribution in [-0.4, -0.2) is 30.6 Å². The molecule has 2 aliphatic rings. The lowest BCUT2D eigenvalue weighted by atomic mass is 9.90. The lowest BCUT2D eigenvalue weighted by molar-refractivity contribution is 0.305. The summed E-state index contributed by atoms with van der Waals surface area (Å²) in [4.78, 5) is 0. The topological polar surface area (TPSA) is 37.4 Å². The zero-order valence-electron chi connectivity index (χ0n) is 10.6. The number of hydrogen-bond donors (Lipinski definition) is 0. The van der Waals surface area contributed by atoms with Gasteiger partial charge in [-0.2, -0.15) is 0 Å². The molecule has 16 heavy (non-hydrogen) atoms. The van der Waals surface area contributed by atoms with E-state index >= 15 is 0 Å². The van der Waals surface area contributed by atoms with Crippen molar-refractivity contribution in [1.29, 1.82) is 0 Å². The van der Waals surface area contributed by atoms with Crippen molar-refractivity contribution in [3.05, 3.63) is 0 Å². The number of rotatable bonds is 2. The highest BCUT2D eigenvalue weighted by Gasteiger charge is 2.63. The van der Waals surface area contributed by atoms with Gasteiger partial charge in [-0.3, -0.25) is 0 Å². The lowest BCUT2D eigenvalue weighted by Gasteiger charge is -2.36. The summed E-state index contributed by atoms with van der Waals surface area (Å²) in [5, 5.41) is 0. The predicted octanol–water partition coefficient (Wildman–Crippen LogP) is 2.38. The first-order valence-electron chi connectivity index (χ1n) is 6.31. The third kappa shape index (κ3) is 1.70. The second-order valence-electron chi connectivity index (χ2n) is 6.21. The van der Waals surface area contributed by atoms with Gasteiger partial charge in [0.15, 0.2) is 0 Å². The quantitative estimate of drug-likeness (QED) is 0.749. The van der Waals surface area contributed by atoms with Gasteiger partial charge in [-0.1, -0.05) is 27.2 Å². The van der Waals surface area contributed by atoms with Crippen LogP contribution >= 0.6 is 0 Å². The summed E-state index contributed by atoms with van der Waals surface area (Å²) in [6, 6.07) is 0. The van der Waals surface area contributed by atoms with Crippen LogP contribution in [0.3, 0.4) is 0 Å². The van der Waals surface area contributed by atoms with Crippen LogP contribution in [0.4, 0.5) is 0 Å². The Morgan fingerprint density at radius 2 is 1.50 bits per heavy atom. The van der Waals surface area contributed by atoms with Crippen LogP contribution in [0, 0.1) is 5.41 Å². The predicted molar refractivity (Wildman–Crippen MR) is 65.8 cm³/mol. The van der Waals surface area contributed by atoms with Crippen molar-refractivity contribution in [2.45, 2.75) is 57.6 Å². The molecular weight excluding hydrogens is 222 g/mol. The second kappa shape index (κ2) is 3.70. The molecule has 1 aliphatic heterocycles. The van der Waals surface area contributed by atoms with Crippen molar-refractivity contribution in [3.63, 3.8) is 0 Å². The molecule has 0 aromatic rings. The Bertz CT molecular complexity index is 357. The molecule has 0 spiro atoms. The van der Waals surface area contributed by atoms with E-state index in [9.17, 15) is 8.42 Å². The molecule has 0 atom stereocenters. The molecule has 0 unspecified atom stereocenters. The average molecular weight is 245 g/mol. The smallest absolute Gasteiger partial charge is 0.212 e. The summed E-state index contributed by atoms with van der Waals surface area (Å²) in [7, 11) is -3.07. The van der Waals surface area contributed by atoms with Crippen LogP contribution in [0.15, 0.2) is 0 Å². The Morgan fingerprint density at radius 1 is 1.00 bits per heavy atom. The van der Waals surface area contributed by atoms with E-state index in [1.165, 1.54) is 6.42 Å². The minimum absolute atomic E-state index is 0.136. The Hall–Kier alpha value is -0.0900. The second-order valence-corrected chi connectivity index (χ2v) is 8.46. The molecule has 4 heteroatoms. The van der Waals surface area contributed by atoms with Gasteiger partial charge in [0.2, 0.25) is 10.0 Å². The van der Waals surface area contributed by atoms with Gasteiger partial charge in [0, 0.05) is 13.1 Å². The summed E-state index contributed by atoms with van der Waals surface area (Å²) in [5.41, 5.74) is -0.136. The molecule has 3 nitrogen and oxygen atoms in total. The fraction of sp³-hybridized carbons (Fsp3) is 1.00. The van der Waals surface area contributed by atoms with E-state index in [1.54, 1.807) is 4.31 Å². The molecule has 0 amide bonds. The average Bonchev–Trinajstić information content (AvgIpc) is 2.98. The van der Waals surface area contributed by atoms with Gasteiger partial charge in [-0.25, -0.2) is 12.7 Å². The van der Waals surface area contributed by atoms with Gasteiger partial charge in [0.05, 0.1) is 4.75 Å². The molecule has 1 aliphatic carbocycles. The molecule has 94 valence electrons. The van der Waals surface area contributed by atoms with E-state index in [4.69, 9.17) is 0 Å². The SMILES string of the molecule is CC(C)(C)C1(S(=O)(=O)N2CCCCC2)CC1. The first-order valence-corrected chi connectivity index (χ1v) is 7.75. The summed E-state index contributed by atoms with van der Waals surface area (Å²) >= 11 is 0. The molecule has 0 aromatic heterocycles. The van der Waals surface area contributed by atoms with E-state index in [2.05, 4.69) is 20.8 Å². The van der Waals surface area contributed by atoms with Gasteiger partial charge in [-0.15, -0.1) is 0 Å². The van der Waals surface area contributed by atoms with E-state index in [0.717, 1.165) is 38.8 Å². The van der Waals surface area contributed by atoms with Crippen LogP contribution in [0.1, 0.15) is 52.9 Å². The number of nitrogens with zero attached hydrogens (tertiary/aromatic N) is 1. The number of hydrogen-bond acceptors (Lipinski definition) is 2. The zero-order valence-corrected chi connectivity index (χ0v) is 11.4. The standard InChI is InChI=1S/C12H23NO2S/c1-11(2,3)12(7-8-12)16(14,15)13-9-5-4-6-10-13/h4-10H2,1-3H3. The number of sulfonamides is 1. The number of piperidine rings is 1. The lowest BCUT2D eigenvalue weighted by Crippen LogP contribution is -2.48. The van der Waals surface area contributed by atoms with Crippen LogP contribution in [0.2, 0.25) is 0 Å². The van der Waals surface area contributed by atoms with Gasteiger partial charge in [0.1, 0.15) is 0 Å². The fourth-order valence-corrected chi connectivity index (χ4v) is 5.49. The van der Waals surface area contributed by atoms with Crippen molar-refractivity contribution < 1.29 is 8.42 Å². The Kier molecular flexibility index (Phi) is 2.86. The summed E-state index contributed by atoms with van der Waals surface area (Å²) in [5.74, 6) is 0. The molecule has 1 saturated carbocycles. The maximum Gasteiger partial charge on any atom is 0.220 e. The molecule has 0 N–H and O–H groups in total. The van der Waals surface area contributed by atoms with Crippen molar-refractivity contribution in [2.24, 2.45) is 5.41 Å². The Morgan fingerprint density at radius 3 is 1.88 bits per heavy atom. The molecule has 2 rings (SSSR count).